The Morgan fingerprint density at radius 3 is 1.76 bits per heavy atom. The second kappa shape index (κ2) is 11.6. The van der Waals surface area contributed by atoms with E-state index in [0.29, 0.717) is 28.8 Å². The fourth-order valence-electron chi connectivity index (χ4n) is 4.41. The first-order valence-electron chi connectivity index (χ1n) is 12.4. The third-order valence-corrected chi connectivity index (χ3v) is 6.45. The highest BCUT2D eigenvalue weighted by Gasteiger charge is 2.19. The smallest absolute Gasteiger partial charge is 0.315 e. The number of ether oxygens (including phenoxy) is 1. The molecule has 0 unspecified atom stereocenters. The van der Waals surface area contributed by atoms with Gasteiger partial charge in [-0.1, -0.05) is 36.4 Å². The summed E-state index contributed by atoms with van der Waals surface area (Å²) in [5.41, 5.74) is -0.200. The predicted octanol–water partition coefficient (Wildman–Crippen LogP) is 8.54. The van der Waals surface area contributed by atoms with Crippen LogP contribution in [0.15, 0.2) is 91.0 Å². The molecule has 42 heavy (non-hydrogen) atoms. The Bertz CT molecular complexity index is 1820. The van der Waals surface area contributed by atoms with E-state index in [1.807, 2.05) is 0 Å². The molecule has 5 aromatic rings. The number of hydrogen-bond acceptors (Lipinski definition) is 3. The van der Waals surface area contributed by atoms with E-state index in [9.17, 15) is 31.1 Å². The van der Waals surface area contributed by atoms with E-state index >= 15 is 0 Å². The van der Waals surface area contributed by atoms with Gasteiger partial charge in [-0.05, 0) is 76.3 Å². The first-order valence-corrected chi connectivity index (χ1v) is 12.4. The molecule has 5 aromatic carbocycles. The first-order chi connectivity index (χ1) is 20.1. The summed E-state index contributed by atoms with van der Waals surface area (Å²) in [6, 6.07) is 20.0. The van der Waals surface area contributed by atoms with Gasteiger partial charge in [0.25, 0.3) is 0 Å². The highest BCUT2D eigenvalue weighted by Crippen LogP contribution is 2.33. The number of carbonyl (C=O) groups excluding carboxylic acids is 1. The zero-order valence-corrected chi connectivity index (χ0v) is 21.4. The fourth-order valence-corrected chi connectivity index (χ4v) is 4.41. The fraction of sp³-hybridized carbons (Fsp3) is 0.0303. The number of nitriles is 1. The molecule has 0 N–H and O–H groups in total. The van der Waals surface area contributed by atoms with Crippen molar-refractivity contribution in [3.63, 3.8) is 0 Å². The van der Waals surface area contributed by atoms with Crippen LogP contribution in [0.4, 0.5) is 26.3 Å². The van der Waals surface area contributed by atoms with Crippen LogP contribution in [0, 0.1) is 46.2 Å². The molecule has 0 fully saturated rings. The minimum Gasteiger partial charge on any atom is -0.426 e. The van der Waals surface area contributed by atoms with Crippen LogP contribution in [-0.2, 0) is 11.2 Å². The molecule has 0 aliphatic rings. The molecule has 0 aromatic heterocycles. The standard InChI is InChI=1S/C33H17F6NO2/c34-23-7-5-20(6-8-23)25-10-9-24(16-29(25)37)42-32(41)11-18-1-3-19(4-2-18)21-12-30(38)33(31(39)13-21)22-14-27(35)26(17-40)28(36)15-22/h1-10,12-16H,11H2. The van der Waals surface area contributed by atoms with E-state index in [4.69, 9.17) is 10.00 Å². The van der Waals surface area contributed by atoms with Crippen molar-refractivity contribution in [1.29, 1.82) is 5.26 Å². The van der Waals surface area contributed by atoms with Crippen molar-refractivity contribution in [2.45, 2.75) is 6.42 Å². The van der Waals surface area contributed by atoms with Gasteiger partial charge in [0.05, 0.1) is 12.0 Å². The summed E-state index contributed by atoms with van der Waals surface area (Å²) in [5, 5.41) is 8.80. The molecular weight excluding hydrogens is 556 g/mol. The normalized spacial score (nSPS) is 10.8. The maximum Gasteiger partial charge on any atom is 0.315 e. The Morgan fingerprint density at radius 2 is 1.19 bits per heavy atom. The summed E-state index contributed by atoms with van der Waals surface area (Å²) in [6.07, 6.45) is -0.181. The van der Waals surface area contributed by atoms with Crippen LogP contribution in [0.1, 0.15) is 11.1 Å². The molecule has 0 spiro atoms. The molecule has 0 radical (unpaired) electrons. The molecular formula is C33H17F6NO2. The molecule has 0 saturated heterocycles. The Balaban J connectivity index is 1.28. The molecule has 5 rings (SSSR count). The van der Waals surface area contributed by atoms with E-state index in [-0.39, 0.29) is 23.3 Å². The van der Waals surface area contributed by atoms with E-state index in [1.54, 1.807) is 12.1 Å². The van der Waals surface area contributed by atoms with Gasteiger partial charge >= 0.3 is 5.97 Å². The molecule has 0 atom stereocenters. The zero-order chi connectivity index (χ0) is 30.0. The van der Waals surface area contributed by atoms with E-state index in [1.165, 1.54) is 54.6 Å². The average Bonchev–Trinajstić information content (AvgIpc) is 2.94. The summed E-state index contributed by atoms with van der Waals surface area (Å²) < 4.78 is 90.7. The number of nitrogens with zero attached hydrogens (tertiary/aromatic N) is 1. The molecule has 0 aliphatic carbocycles. The average molecular weight is 573 g/mol. The van der Waals surface area contributed by atoms with Crippen LogP contribution < -0.4 is 4.74 Å². The monoisotopic (exact) mass is 573 g/mol. The van der Waals surface area contributed by atoms with Crippen molar-refractivity contribution < 1.29 is 35.9 Å². The molecule has 9 heteroatoms. The minimum atomic E-state index is -1.24. The van der Waals surface area contributed by atoms with Gasteiger partial charge in [0.2, 0.25) is 0 Å². The Labute approximate surface area is 235 Å². The SMILES string of the molecule is N#Cc1c(F)cc(-c2c(F)cc(-c3ccc(CC(=O)Oc4ccc(-c5ccc(F)cc5)c(F)c4)cc3)cc2F)cc1F. The van der Waals surface area contributed by atoms with Crippen molar-refractivity contribution >= 4 is 5.97 Å². The number of rotatable bonds is 6. The van der Waals surface area contributed by atoms with Gasteiger partial charge < -0.3 is 4.74 Å². The lowest BCUT2D eigenvalue weighted by atomic mass is 9.97. The Kier molecular flexibility index (Phi) is 7.80. The summed E-state index contributed by atoms with van der Waals surface area (Å²) >= 11 is 0. The van der Waals surface area contributed by atoms with Gasteiger partial charge in [0.15, 0.2) is 0 Å². The van der Waals surface area contributed by atoms with Crippen LogP contribution >= 0.6 is 0 Å². The second-order valence-electron chi connectivity index (χ2n) is 9.24. The summed E-state index contributed by atoms with van der Waals surface area (Å²) in [6.45, 7) is 0. The summed E-state index contributed by atoms with van der Waals surface area (Å²) in [4.78, 5) is 12.4. The largest absolute Gasteiger partial charge is 0.426 e. The van der Waals surface area contributed by atoms with Crippen LogP contribution in [0.3, 0.4) is 0 Å². The van der Waals surface area contributed by atoms with Crippen molar-refractivity contribution in [2.24, 2.45) is 0 Å². The van der Waals surface area contributed by atoms with Gasteiger partial charge in [-0.2, -0.15) is 5.26 Å². The van der Waals surface area contributed by atoms with Crippen molar-refractivity contribution in [3.05, 3.63) is 137 Å². The van der Waals surface area contributed by atoms with E-state index < -0.39 is 57.6 Å². The highest BCUT2D eigenvalue weighted by atomic mass is 19.2. The third kappa shape index (κ3) is 5.88. The maximum atomic E-state index is 14.9. The van der Waals surface area contributed by atoms with Gasteiger partial charge in [-0.15, -0.1) is 0 Å². The number of benzene rings is 5. The van der Waals surface area contributed by atoms with Crippen LogP contribution in [0.2, 0.25) is 0 Å². The topological polar surface area (TPSA) is 50.1 Å². The summed E-state index contributed by atoms with van der Waals surface area (Å²) in [5.74, 6) is -6.43. The minimum absolute atomic E-state index is 0.0203. The van der Waals surface area contributed by atoms with E-state index in [2.05, 4.69) is 0 Å². The Hall–Kier alpha value is -5.36. The number of halogens is 6. The Morgan fingerprint density at radius 1 is 0.619 bits per heavy atom. The molecule has 0 heterocycles. The molecule has 0 aliphatic heterocycles. The van der Waals surface area contributed by atoms with Crippen molar-refractivity contribution in [2.75, 3.05) is 0 Å². The number of hydrogen-bond donors (Lipinski definition) is 0. The lowest BCUT2D eigenvalue weighted by Crippen LogP contribution is -2.11. The second-order valence-corrected chi connectivity index (χ2v) is 9.24. The lowest BCUT2D eigenvalue weighted by Gasteiger charge is -2.11. The van der Waals surface area contributed by atoms with Crippen LogP contribution in [0.5, 0.6) is 5.75 Å². The predicted molar refractivity (Wildman–Crippen MR) is 143 cm³/mol. The number of carbonyl (C=O) groups is 1. The molecule has 0 saturated carbocycles. The number of esters is 1. The molecule has 208 valence electrons. The molecule has 0 amide bonds. The first kappa shape index (κ1) is 28.2. The lowest BCUT2D eigenvalue weighted by molar-refractivity contribution is -0.133. The zero-order valence-electron chi connectivity index (χ0n) is 21.4. The highest BCUT2D eigenvalue weighted by molar-refractivity contribution is 5.77. The van der Waals surface area contributed by atoms with Gasteiger partial charge in [0.1, 0.15) is 52.3 Å². The third-order valence-electron chi connectivity index (χ3n) is 6.45. The summed E-state index contributed by atoms with van der Waals surface area (Å²) in [7, 11) is 0. The van der Waals surface area contributed by atoms with Gasteiger partial charge in [-0.3, -0.25) is 4.79 Å². The van der Waals surface area contributed by atoms with Crippen molar-refractivity contribution in [1.82, 2.24) is 0 Å². The quantitative estimate of drug-likeness (QED) is 0.116. The van der Waals surface area contributed by atoms with Gasteiger partial charge in [0, 0.05) is 11.6 Å². The maximum absolute atomic E-state index is 14.9. The molecule has 3 nitrogen and oxygen atoms in total. The van der Waals surface area contributed by atoms with Gasteiger partial charge in [-0.25, -0.2) is 26.3 Å². The van der Waals surface area contributed by atoms with Crippen LogP contribution in [0.25, 0.3) is 33.4 Å². The van der Waals surface area contributed by atoms with E-state index in [0.717, 1.165) is 18.2 Å². The molecule has 0 bridgehead atoms. The van der Waals surface area contributed by atoms with Crippen molar-refractivity contribution in [3.8, 4) is 45.2 Å². The van der Waals surface area contributed by atoms with Crippen LogP contribution in [-0.4, -0.2) is 5.97 Å².